The van der Waals surface area contributed by atoms with Gasteiger partial charge in [-0.25, -0.2) is 0 Å². The molecule has 9 nitrogen and oxygen atoms in total. The lowest BCUT2D eigenvalue weighted by molar-refractivity contribution is -0.384. The van der Waals surface area contributed by atoms with Gasteiger partial charge in [0.1, 0.15) is 5.75 Å². The second-order valence-electron chi connectivity index (χ2n) is 6.23. The summed E-state index contributed by atoms with van der Waals surface area (Å²) in [7, 11) is 1.37. The summed E-state index contributed by atoms with van der Waals surface area (Å²) in [5.74, 6) is 0.270. The average Bonchev–Trinajstić information content (AvgIpc) is 3.15. The highest BCUT2D eigenvalue weighted by Crippen LogP contribution is 2.30. The number of carbonyl (C=O) groups is 1. The molecule has 3 aromatic rings. The van der Waals surface area contributed by atoms with Crippen molar-refractivity contribution in [2.24, 2.45) is 0 Å². The van der Waals surface area contributed by atoms with Crippen molar-refractivity contribution < 1.29 is 18.9 Å². The molecule has 0 saturated carbocycles. The van der Waals surface area contributed by atoms with Gasteiger partial charge in [-0.15, -0.1) is 10.2 Å². The first-order valence-electron chi connectivity index (χ1n) is 8.53. The first-order chi connectivity index (χ1) is 13.9. The summed E-state index contributed by atoms with van der Waals surface area (Å²) in [5, 5.41) is 21.8. The number of rotatable bonds is 7. The summed E-state index contributed by atoms with van der Waals surface area (Å²) < 4.78 is 10.7. The second kappa shape index (κ2) is 8.74. The summed E-state index contributed by atoms with van der Waals surface area (Å²) in [6.45, 7) is 3.97. The summed E-state index contributed by atoms with van der Waals surface area (Å²) in [6, 6.07) is 9.90. The third-order valence-corrected chi connectivity index (χ3v) is 4.69. The maximum Gasteiger partial charge on any atom is 0.277 e. The zero-order valence-corrected chi connectivity index (χ0v) is 16.8. The molecule has 10 heteroatoms. The van der Waals surface area contributed by atoms with Gasteiger partial charge in [-0.05, 0) is 32.0 Å². The van der Waals surface area contributed by atoms with Crippen LogP contribution in [0, 0.1) is 24.0 Å². The predicted octanol–water partition coefficient (Wildman–Crippen LogP) is 4.00. The van der Waals surface area contributed by atoms with E-state index in [1.807, 2.05) is 32.0 Å². The number of benzene rings is 2. The van der Waals surface area contributed by atoms with Crippen molar-refractivity contribution >= 4 is 29.0 Å². The first kappa shape index (κ1) is 20.3. The quantitative estimate of drug-likeness (QED) is 0.350. The minimum absolute atomic E-state index is 0.0224. The molecule has 2 aromatic carbocycles. The highest BCUT2D eigenvalue weighted by Gasteiger charge is 2.15. The van der Waals surface area contributed by atoms with Crippen LogP contribution in [0.4, 0.5) is 11.4 Å². The molecule has 1 aromatic heterocycles. The monoisotopic (exact) mass is 414 g/mol. The number of nitrogens with one attached hydrogen (secondary N) is 1. The van der Waals surface area contributed by atoms with Gasteiger partial charge in [-0.1, -0.05) is 29.0 Å². The molecule has 1 amide bonds. The lowest BCUT2D eigenvalue weighted by atomic mass is 10.1. The molecule has 1 heterocycles. The van der Waals surface area contributed by atoms with Crippen LogP contribution in [0.5, 0.6) is 5.75 Å². The molecule has 150 valence electrons. The molecule has 0 unspecified atom stereocenters. The van der Waals surface area contributed by atoms with Crippen LogP contribution in [0.2, 0.25) is 0 Å². The van der Waals surface area contributed by atoms with Gasteiger partial charge in [-0.2, -0.15) is 0 Å². The molecule has 0 radical (unpaired) electrons. The van der Waals surface area contributed by atoms with E-state index in [1.165, 1.54) is 25.3 Å². The zero-order valence-electron chi connectivity index (χ0n) is 16.0. The normalized spacial score (nSPS) is 10.6. The van der Waals surface area contributed by atoms with E-state index in [2.05, 4.69) is 15.5 Å². The molecule has 0 atom stereocenters. The van der Waals surface area contributed by atoms with E-state index >= 15 is 0 Å². The van der Waals surface area contributed by atoms with Crippen molar-refractivity contribution in [1.29, 1.82) is 0 Å². The summed E-state index contributed by atoms with van der Waals surface area (Å²) in [4.78, 5) is 22.5. The smallest absolute Gasteiger partial charge is 0.277 e. The SMILES string of the molecule is COc1cc([N+](=O)[O-])ccc1NC(=O)CSc1nnc(-c2cc(C)cc(C)c2)o1. The van der Waals surface area contributed by atoms with E-state index in [-0.39, 0.29) is 28.3 Å². The van der Waals surface area contributed by atoms with E-state index in [4.69, 9.17) is 9.15 Å². The molecule has 0 spiro atoms. The number of non-ortho nitro benzene ring substituents is 1. The van der Waals surface area contributed by atoms with Crippen LogP contribution in [-0.2, 0) is 4.79 Å². The number of aromatic nitrogens is 2. The zero-order chi connectivity index (χ0) is 21.0. The van der Waals surface area contributed by atoms with Crippen LogP contribution in [0.15, 0.2) is 46.0 Å². The number of nitro groups is 1. The van der Waals surface area contributed by atoms with E-state index < -0.39 is 4.92 Å². The maximum atomic E-state index is 12.2. The molecule has 0 bridgehead atoms. The van der Waals surface area contributed by atoms with Crippen LogP contribution >= 0.6 is 11.8 Å². The molecule has 0 saturated heterocycles. The number of amides is 1. The molecule has 1 N–H and O–H groups in total. The fraction of sp³-hybridized carbons (Fsp3) is 0.211. The Labute approximate surface area is 170 Å². The fourth-order valence-electron chi connectivity index (χ4n) is 2.69. The fourth-order valence-corrected chi connectivity index (χ4v) is 3.26. The molecule has 0 aliphatic heterocycles. The molecule has 29 heavy (non-hydrogen) atoms. The van der Waals surface area contributed by atoms with Crippen molar-refractivity contribution in [2.45, 2.75) is 19.1 Å². The predicted molar refractivity (Wildman–Crippen MR) is 108 cm³/mol. The number of carbonyl (C=O) groups excluding carboxylic acids is 1. The molecular formula is C19H18N4O5S. The van der Waals surface area contributed by atoms with Crippen LogP contribution in [0.25, 0.3) is 11.5 Å². The van der Waals surface area contributed by atoms with Crippen molar-refractivity contribution in [1.82, 2.24) is 10.2 Å². The van der Waals surface area contributed by atoms with E-state index in [9.17, 15) is 14.9 Å². The van der Waals surface area contributed by atoms with Crippen LogP contribution in [0.3, 0.4) is 0 Å². The second-order valence-corrected chi connectivity index (χ2v) is 7.15. The molecule has 0 aliphatic carbocycles. The minimum Gasteiger partial charge on any atom is -0.494 e. The topological polar surface area (TPSA) is 120 Å². The highest BCUT2D eigenvalue weighted by atomic mass is 32.2. The van der Waals surface area contributed by atoms with Gasteiger partial charge < -0.3 is 14.5 Å². The Morgan fingerprint density at radius 3 is 2.59 bits per heavy atom. The van der Waals surface area contributed by atoms with E-state index in [1.54, 1.807) is 0 Å². The van der Waals surface area contributed by atoms with Crippen LogP contribution in [-0.4, -0.2) is 33.9 Å². The molecular weight excluding hydrogens is 396 g/mol. The standard InChI is InChI=1S/C19H18N4O5S/c1-11-6-12(2)8-13(7-11)18-21-22-19(28-18)29-10-17(24)20-15-5-4-14(23(25)26)9-16(15)27-3/h4-9H,10H2,1-3H3,(H,20,24). The van der Waals surface area contributed by atoms with Crippen molar-refractivity contribution in [3.63, 3.8) is 0 Å². The van der Waals surface area contributed by atoms with Gasteiger partial charge in [0.15, 0.2) is 0 Å². The summed E-state index contributed by atoms with van der Waals surface area (Å²) >= 11 is 1.09. The highest BCUT2D eigenvalue weighted by molar-refractivity contribution is 7.99. The van der Waals surface area contributed by atoms with Gasteiger partial charge in [0, 0.05) is 11.6 Å². The van der Waals surface area contributed by atoms with Gasteiger partial charge in [0.05, 0.1) is 29.5 Å². The maximum absolute atomic E-state index is 12.2. The van der Waals surface area contributed by atoms with Crippen molar-refractivity contribution in [3.8, 4) is 17.2 Å². The Kier molecular flexibility index (Phi) is 6.13. The number of anilines is 1. The molecule has 0 fully saturated rings. The third-order valence-electron chi connectivity index (χ3n) is 3.87. The van der Waals surface area contributed by atoms with Gasteiger partial charge in [-0.3, -0.25) is 14.9 Å². The number of thioether (sulfide) groups is 1. The van der Waals surface area contributed by atoms with Crippen molar-refractivity contribution in [3.05, 3.63) is 57.6 Å². The van der Waals surface area contributed by atoms with E-state index in [0.29, 0.717) is 11.6 Å². The number of hydrogen-bond donors (Lipinski definition) is 1. The first-order valence-corrected chi connectivity index (χ1v) is 9.51. The largest absolute Gasteiger partial charge is 0.494 e. The Balaban J connectivity index is 1.63. The Morgan fingerprint density at radius 2 is 1.93 bits per heavy atom. The minimum atomic E-state index is -0.535. The van der Waals surface area contributed by atoms with Crippen molar-refractivity contribution in [2.75, 3.05) is 18.2 Å². The third kappa shape index (κ3) is 5.11. The lowest BCUT2D eigenvalue weighted by Crippen LogP contribution is -2.14. The van der Waals surface area contributed by atoms with E-state index in [0.717, 1.165) is 28.5 Å². The van der Waals surface area contributed by atoms with Crippen LogP contribution in [0.1, 0.15) is 11.1 Å². The van der Waals surface area contributed by atoms with Crippen LogP contribution < -0.4 is 10.1 Å². The number of ether oxygens (including phenoxy) is 1. The van der Waals surface area contributed by atoms with Gasteiger partial charge >= 0.3 is 0 Å². The number of nitro benzene ring substituents is 1. The number of aryl methyl sites for hydroxylation is 2. The van der Waals surface area contributed by atoms with Gasteiger partial charge in [0.2, 0.25) is 11.8 Å². The average molecular weight is 414 g/mol. The van der Waals surface area contributed by atoms with Gasteiger partial charge in [0.25, 0.3) is 10.9 Å². The lowest BCUT2D eigenvalue weighted by Gasteiger charge is -2.09. The Hall–Kier alpha value is -3.40. The molecule has 3 rings (SSSR count). The summed E-state index contributed by atoms with van der Waals surface area (Å²) in [6.07, 6.45) is 0. The number of methoxy groups -OCH3 is 1. The number of nitrogens with zero attached hydrogens (tertiary/aromatic N) is 3. The molecule has 0 aliphatic rings. The Morgan fingerprint density at radius 1 is 1.21 bits per heavy atom. The summed E-state index contributed by atoms with van der Waals surface area (Å²) in [5.41, 5.74) is 3.21. The number of hydrogen-bond acceptors (Lipinski definition) is 8. The Bertz CT molecular complexity index is 1050.